The molecule has 0 saturated carbocycles. The summed E-state index contributed by atoms with van der Waals surface area (Å²) in [6.07, 6.45) is 1.91. The molecule has 1 fully saturated rings. The quantitative estimate of drug-likeness (QED) is 0.861. The van der Waals surface area contributed by atoms with E-state index in [0.29, 0.717) is 5.02 Å². The fourth-order valence-corrected chi connectivity index (χ4v) is 2.20. The molecule has 1 aromatic carbocycles. The van der Waals surface area contributed by atoms with Gasteiger partial charge in [0.1, 0.15) is 12.6 Å². The lowest BCUT2D eigenvalue weighted by atomic mass is 10.1. The Morgan fingerprint density at radius 1 is 1.37 bits per heavy atom. The molecule has 0 spiro atoms. The number of carbonyl (C=O) groups is 1. The number of ether oxygens (including phenoxy) is 1. The van der Waals surface area contributed by atoms with E-state index in [0.717, 1.165) is 31.6 Å². The number of likely N-dealkylation sites (tertiary alicyclic amines) is 1. The fraction of sp³-hybridized carbons (Fsp3) is 0.500. The Bertz CT molecular complexity index is 414. The van der Waals surface area contributed by atoms with E-state index in [4.69, 9.17) is 16.3 Å². The standard InChI is InChI=1S/C14H19ClN2O2/c1-17-8-6-13(7-9-17)19-14(18)10-16-12-4-2-11(15)3-5-12/h2-5,13,16H,6-10H2,1H3. The smallest absolute Gasteiger partial charge is 0.325 e. The van der Waals surface area contributed by atoms with Crippen molar-refractivity contribution in [2.75, 3.05) is 32.0 Å². The van der Waals surface area contributed by atoms with Gasteiger partial charge in [0.05, 0.1) is 0 Å². The average molecular weight is 283 g/mol. The van der Waals surface area contributed by atoms with E-state index >= 15 is 0 Å². The van der Waals surface area contributed by atoms with Crippen LogP contribution in [0.15, 0.2) is 24.3 Å². The Morgan fingerprint density at radius 3 is 2.63 bits per heavy atom. The van der Waals surface area contributed by atoms with Gasteiger partial charge in [-0.3, -0.25) is 4.79 Å². The molecule has 1 aliphatic heterocycles. The second kappa shape index (κ2) is 6.78. The third kappa shape index (κ3) is 4.73. The highest BCUT2D eigenvalue weighted by atomic mass is 35.5. The Hall–Kier alpha value is -1.26. The van der Waals surface area contributed by atoms with Gasteiger partial charge in [0.2, 0.25) is 0 Å². The number of nitrogens with one attached hydrogen (secondary N) is 1. The van der Waals surface area contributed by atoms with Crippen LogP contribution >= 0.6 is 11.6 Å². The van der Waals surface area contributed by atoms with Crippen LogP contribution in [0.25, 0.3) is 0 Å². The second-order valence-corrected chi connectivity index (χ2v) is 5.29. The van der Waals surface area contributed by atoms with Crippen molar-refractivity contribution in [3.05, 3.63) is 29.3 Å². The van der Waals surface area contributed by atoms with Crippen LogP contribution in [0.3, 0.4) is 0 Å². The Labute approximate surface area is 118 Å². The Morgan fingerprint density at radius 2 is 2.00 bits per heavy atom. The number of anilines is 1. The molecule has 4 nitrogen and oxygen atoms in total. The maximum absolute atomic E-state index is 11.7. The van der Waals surface area contributed by atoms with Crippen molar-refractivity contribution in [3.8, 4) is 0 Å². The molecule has 0 aromatic heterocycles. The van der Waals surface area contributed by atoms with Gasteiger partial charge in [-0.1, -0.05) is 11.6 Å². The van der Waals surface area contributed by atoms with Crippen LogP contribution in [0.2, 0.25) is 5.02 Å². The van der Waals surface area contributed by atoms with Crippen molar-refractivity contribution in [1.29, 1.82) is 0 Å². The average Bonchev–Trinajstić information content (AvgIpc) is 2.41. The minimum Gasteiger partial charge on any atom is -0.461 e. The van der Waals surface area contributed by atoms with Gasteiger partial charge in [0.15, 0.2) is 0 Å². The van der Waals surface area contributed by atoms with E-state index in [9.17, 15) is 4.79 Å². The zero-order valence-corrected chi connectivity index (χ0v) is 11.8. The minimum absolute atomic E-state index is 0.0655. The summed E-state index contributed by atoms with van der Waals surface area (Å²) in [5.41, 5.74) is 0.865. The van der Waals surface area contributed by atoms with Crippen molar-refractivity contribution in [3.63, 3.8) is 0 Å². The molecule has 1 aromatic rings. The molecule has 0 aliphatic carbocycles. The molecule has 5 heteroatoms. The van der Waals surface area contributed by atoms with Crippen LogP contribution in [0.4, 0.5) is 5.69 Å². The van der Waals surface area contributed by atoms with Crippen LogP contribution in [0.1, 0.15) is 12.8 Å². The highest BCUT2D eigenvalue weighted by Gasteiger charge is 2.19. The van der Waals surface area contributed by atoms with Gasteiger partial charge >= 0.3 is 5.97 Å². The number of carbonyl (C=O) groups excluding carboxylic acids is 1. The number of nitrogens with zero attached hydrogens (tertiary/aromatic N) is 1. The lowest BCUT2D eigenvalue weighted by molar-refractivity contribution is -0.148. The first kappa shape index (κ1) is 14.2. The fourth-order valence-electron chi connectivity index (χ4n) is 2.07. The number of hydrogen-bond donors (Lipinski definition) is 1. The zero-order chi connectivity index (χ0) is 13.7. The molecule has 1 aliphatic rings. The van der Waals surface area contributed by atoms with Gasteiger partial charge in [-0.25, -0.2) is 0 Å². The number of hydrogen-bond acceptors (Lipinski definition) is 4. The van der Waals surface area contributed by atoms with Crippen LogP contribution < -0.4 is 5.32 Å². The molecule has 1 saturated heterocycles. The van der Waals surface area contributed by atoms with Crippen LogP contribution in [0, 0.1) is 0 Å². The normalized spacial score (nSPS) is 17.2. The molecule has 1 N–H and O–H groups in total. The van der Waals surface area contributed by atoms with Crippen molar-refractivity contribution in [2.24, 2.45) is 0 Å². The summed E-state index contributed by atoms with van der Waals surface area (Å²) in [6, 6.07) is 7.24. The van der Waals surface area contributed by atoms with Crippen LogP contribution in [-0.2, 0) is 9.53 Å². The van der Waals surface area contributed by atoms with Gasteiger partial charge in [0, 0.05) is 23.8 Å². The Balaban J connectivity index is 1.71. The Kier molecular flexibility index (Phi) is 5.05. The maximum atomic E-state index is 11.7. The van der Waals surface area contributed by atoms with E-state index in [1.54, 1.807) is 12.1 Å². The molecule has 19 heavy (non-hydrogen) atoms. The zero-order valence-electron chi connectivity index (χ0n) is 11.1. The van der Waals surface area contributed by atoms with Gasteiger partial charge in [0.25, 0.3) is 0 Å². The van der Waals surface area contributed by atoms with E-state index in [-0.39, 0.29) is 18.6 Å². The molecule has 0 atom stereocenters. The van der Waals surface area contributed by atoms with Crippen molar-refractivity contribution in [2.45, 2.75) is 18.9 Å². The molecule has 0 amide bonds. The van der Waals surface area contributed by atoms with Gasteiger partial charge in [-0.2, -0.15) is 0 Å². The summed E-state index contributed by atoms with van der Waals surface area (Å²) in [5, 5.41) is 3.71. The SMILES string of the molecule is CN1CCC(OC(=O)CNc2ccc(Cl)cc2)CC1. The van der Waals surface area contributed by atoms with Crippen LogP contribution in [-0.4, -0.2) is 43.7 Å². The molecule has 104 valence electrons. The summed E-state index contributed by atoms with van der Waals surface area (Å²) >= 11 is 5.79. The number of benzene rings is 1. The molecule has 0 unspecified atom stereocenters. The molecule has 1 heterocycles. The van der Waals surface area contributed by atoms with Gasteiger partial charge < -0.3 is 15.0 Å². The minimum atomic E-state index is -0.204. The largest absolute Gasteiger partial charge is 0.461 e. The highest BCUT2D eigenvalue weighted by Crippen LogP contribution is 2.14. The molecule has 0 radical (unpaired) electrons. The lowest BCUT2D eigenvalue weighted by Crippen LogP contribution is -2.36. The number of esters is 1. The highest BCUT2D eigenvalue weighted by molar-refractivity contribution is 6.30. The first-order valence-electron chi connectivity index (χ1n) is 6.51. The van der Waals surface area contributed by atoms with E-state index in [1.807, 2.05) is 12.1 Å². The van der Waals surface area contributed by atoms with Crippen molar-refractivity contribution < 1.29 is 9.53 Å². The third-order valence-corrected chi connectivity index (χ3v) is 3.50. The number of halogens is 1. The monoisotopic (exact) mass is 282 g/mol. The maximum Gasteiger partial charge on any atom is 0.325 e. The summed E-state index contributed by atoms with van der Waals surface area (Å²) in [4.78, 5) is 14.0. The first-order chi connectivity index (χ1) is 9.13. The number of rotatable bonds is 4. The topological polar surface area (TPSA) is 41.6 Å². The lowest BCUT2D eigenvalue weighted by Gasteiger charge is -2.28. The molecule has 2 rings (SSSR count). The predicted molar refractivity (Wildman–Crippen MR) is 76.6 cm³/mol. The third-order valence-electron chi connectivity index (χ3n) is 3.24. The molecule has 0 bridgehead atoms. The summed E-state index contributed by atoms with van der Waals surface area (Å²) < 4.78 is 5.43. The molecular formula is C14H19ClN2O2. The number of piperidine rings is 1. The summed E-state index contributed by atoms with van der Waals surface area (Å²) in [5.74, 6) is -0.204. The summed E-state index contributed by atoms with van der Waals surface area (Å²) in [7, 11) is 2.08. The van der Waals surface area contributed by atoms with E-state index in [1.165, 1.54) is 0 Å². The summed E-state index contributed by atoms with van der Waals surface area (Å²) in [6.45, 7) is 2.17. The predicted octanol–water partition coefficient (Wildman–Crippen LogP) is 2.39. The van der Waals surface area contributed by atoms with Gasteiger partial charge in [-0.05, 0) is 44.2 Å². The molecular weight excluding hydrogens is 264 g/mol. The first-order valence-corrected chi connectivity index (χ1v) is 6.89. The van der Waals surface area contributed by atoms with Gasteiger partial charge in [-0.15, -0.1) is 0 Å². The van der Waals surface area contributed by atoms with E-state index in [2.05, 4.69) is 17.3 Å². The van der Waals surface area contributed by atoms with Crippen molar-refractivity contribution >= 4 is 23.3 Å². The van der Waals surface area contributed by atoms with E-state index < -0.39 is 0 Å². The second-order valence-electron chi connectivity index (χ2n) is 4.85. The van der Waals surface area contributed by atoms with Crippen molar-refractivity contribution in [1.82, 2.24) is 4.90 Å². The van der Waals surface area contributed by atoms with Crippen LogP contribution in [0.5, 0.6) is 0 Å².